The Morgan fingerprint density at radius 2 is 1.63 bits per heavy atom. The predicted octanol–water partition coefficient (Wildman–Crippen LogP) is 4.61. The zero-order valence-electron chi connectivity index (χ0n) is 19.4. The summed E-state index contributed by atoms with van der Waals surface area (Å²) in [5.74, 6) is 0.0262. The molecule has 0 unspecified atom stereocenters. The van der Waals surface area contributed by atoms with Crippen LogP contribution in [0.4, 0.5) is 5.69 Å². The van der Waals surface area contributed by atoms with Crippen molar-refractivity contribution in [3.05, 3.63) is 118 Å². The fourth-order valence-corrected chi connectivity index (χ4v) is 3.61. The Morgan fingerprint density at radius 1 is 1.00 bits per heavy atom. The molecule has 0 saturated carbocycles. The Kier molecular flexibility index (Phi) is 6.94. The van der Waals surface area contributed by atoms with Crippen LogP contribution in [-0.2, 0) is 18.4 Å². The van der Waals surface area contributed by atoms with Crippen LogP contribution in [0.1, 0.15) is 16.8 Å². The van der Waals surface area contributed by atoms with Gasteiger partial charge in [-0.1, -0.05) is 60.7 Å². The van der Waals surface area contributed by atoms with Crippen LogP contribution in [0.15, 0.2) is 95.3 Å². The molecule has 0 aliphatic carbocycles. The van der Waals surface area contributed by atoms with Crippen LogP contribution >= 0.6 is 0 Å². The molecule has 0 spiro atoms. The van der Waals surface area contributed by atoms with Crippen molar-refractivity contribution < 1.29 is 9.53 Å². The highest BCUT2D eigenvalue weighted by molar-refractivity contribution is 6.09. The summed E-state index contributed by atoms with van der Waals surface area (Å²) in [5.41, 5.74) is 2.61. The Balaban J connectivity index is 1.50. The molecule has 1 amide bonds. The van der Waals surface area contributed by atoms with Crippen molar-refractivity contribution in [2.24, 2.45) is 7.05 Å². The van der Waals surface area contributed by atoms with Gasteiger partial charge in [-0.2, -0.15) is 5.26 Å². The fraction of sp³-hybridized carbons (Fsp3) is 0.107. The molecule has 3 aromatic carbocycles. The van der Waals surface area contributed by atoms with Crippen LogP contribution in [0.2, 0.25) is 0 Å². The Morgan fingerprint density at radius 3 is 2.26 bits per heavy atom. The van der Waals surface area contributed by atoms with E-state index in [1.54, 1.807) is 55.1 Å². The molecule has 0 radical (unpaired) electrons. The first kappa shape index (κ1) is 23.3. The average molecular weight is 465 g/mol. The second-order valence-electron chi connectivity index (χ2n) is 7.90. The molecule has 0 aliphatic heterocycles. The number of ether oxygens (including phenoxy) is 1. The van der Waals surface area contributed by atoms with Gasteiger partial charge in [0.25, 0.3) is 11.5 Å². The monoisotopic (exact) mass is 464 g/mol. The van der Waals surface area contributed by atoms with Crippen molar-refractivity contribution in [3.8, 4) is 17.5 Å². The van der Waals surface area contributed by atoms with Gasteiger partial charge < -0.3 is 10.1 Å². The third kappa shape index (κ3) is 5.23. The summed E-state index contributed by atoms with van der Waals surface area (Å²) in [4.78, 5) is 25.9. The van der Waals surface area contributed by atoms with Crippen LogP contribution in [-0.4, -0.2) is 15.3 Å². The van der Waals surface area contributed by atoms with Crippen molar-refractivity contribution >= 4 is 17.7 Å². The minimum atomic E-state index is -0.650. The molecule has 0 fully saturated rings. The molecule has 4 aromatic rings. The number of rotatable bonds is 7. The molecule has 174 valence electrons. The SMILES string of the molecule is Cc1c(NC(=O)/C(C#N)=C/c2ccc(OCc3ccccc3)cc2)c(=O)n(-c2ccccc2)n1C. The quantitative estimate of drug-likeness (QED) is 0.320. The third-order valence-electron chi connectivity index (χ3n) is 5.60. The fourth-order valence-electron chi connectivity index (χ4n) is 3.61. The maximum Gasteiger partial charge on any atom is 0.295 e. The van der Waals surface area contributed by atoms with E-state index in [4.69, 9.17) is 4.74 Å². The van der Waals surface area contributed by atoms with Crippen molar-refractivity contribution in [1.29, 1.82) is 5.26 Å². The number of hydrogen-bond acceptors (Lipinski definition) is 4. The maximum absolute atomic E-state index is 13.0. The number of carbonyl (C=O) groups excluding carboxylic acids is 1. The normalized spacial score (nSPS) is 11.1. The number of benzene rings is 3. The number of anilines is 1. The minimum absolute atomic E-state index is 0.114. The molecule has 1 N–H and O–H groups in total. The lowest BCUT2D eigenvalue weighted by molar-refractivity contribution is -0.112. The van der Waals surface area contributed by atoms with Crippen molar-refractivity contribution in [1.82, 2.24) is 9.36 Å². The van der Waals surface area contributed by atoms with Gasteiger partial charge in [0.1, 0.15) is 29.7 Å². The average Bonchev–Trinajstić information content (AvgIpc) is 3.10. The first-order valence-electron chi connectivity index (χ1n) is 11.0. The van der Waals surface area contributed by atoms with Gasteiger partial charge in [-0.15, -0.1) is 0 Å². The molecule has 0 atom stereocenters. The topological polar surface area (TPSA) is 89.1 Å². The van der Waals surface area contributed by atoms with E-state index < -0.39 is 5.91 Å². The third-order valence-corrected chi connectivity index (χ3v) is 5.60. The molecule has 7 nitrogen and oxygen atoms in total. The smallest absolute Gasteiger partial charge is 0.295 e. The minimum Gasteiger partial charge on any atom is -0.489 e. The van der Waals surface area contributed by atoms with Crippen LogP contribution in [0.3, 0.4) is 0 Å². The second-order valence-corrected chi connectivity index (χ2v) is 7.90. The van der Waals surface area contributed by atoms with E-state index in [0.29, 0.717) is 29.3 Å². The molecular formula is C28H24N4O3. The molecule has 0 aliphatic rings. The maximum atomic E-state index is 13.0. The van der Waals surface area contributed by atoms with E-state index in [-0.39, 0.29) is 16.8 Å². The van der Waals surface area contributed by atoms with E-state index in [0.717, 1.165) is 5.56 Å². The molecule has 0 saturated heterocycles. The molecule has 35 heavy (non-hydrogen) atoms. The number of carbonyl (C=O) groups is 1. The first-order valence-corrected chi connectivity index (χ1v) is 11.0. The standard InChI is InChI=1S/C28H24N4O3/c1-20-26(28(34)32(31(20)2)24-11-7-4-8-12-24)30-27(33)23(18-29)17-21-13-15-25(16-14-21)35-19-22-9-5-3-6-10-22/h3-17H,19H2,1-2H3,(H,30,33)/b23-17+. The Bertz CT molecular complexity index is 1460. The van der Waals surface area contributed by atoms with Crippen LogP contribution in [0.25, 0.3) is 11.8 Å². The van der Waals surface area contributed by atoms with E-state index in [2.05, 4.69) is 5.32 Å². The summed E-state index contributed by atoms with van der Waals surface area (Å²) in [6, 6.07) is 28.0. The molecular weight excluding hydrogens is 440 g/mol. The van der Waals surface area contributed by atoms with E-state index in [1.807, 2.05) is 54.6 Å². The molecule has 0 bridgehead atoms. The molecule has 4 rings (SSSR count). The van der Waals surface area contributed by atoms with Crippen LogP contribution < -0.4 is 15.6 Å². The number of nitrogens with one attached hydrogen (secondary N) is 1. The van der Waals surface area contributed by atoms with E-state index in [1.165, 1.54) is 10.8 Å². The lowest BCUT2D eigenvalue weighted by Crippen LogP contribution is -2.23. The van der Waals surface area contributed by atoms with Gasteiger partial charge in [-0.05, 0) is 48.4 Å². The van der Waals surface area contributed by atoms with Gasteiger partial charge in [0.15, 0.2) is 0 Å². The van der Waals surface area contributed by atoms with Gasteiger partial charge in [0.05, 0.1) is 11.4 Å². The summed E-state index contributed by atoms with van der Waals surface area (Å²) in [6.45, 7) is 2.18. The van der Waals surface area contributed by atoms with E-state index in [9.17, 15) is 14.9 Å². The zero-order chi connectivity index (χ0) is 24.8. The lowest BCUT2D eigenvalue weighted by Gasteiger charge is -2.07. The number of amides is 1. The van der Waals surface area contributed by atoms with Gasteiger partial charge in [0.2, 0.25) is 0 Å². The predicted molar refractivity (Wildman–Crippen MR) is 135 cm³/mol. The van der Waals surface area contributed by atoms with Crippen molar-refractivity contribution in [3.63, 3.8) is 0 Å². The first-order chi connectivity index (χ1) is 17.0. The summed E-state index contributed by atoms with van der Waals surface area (Å²) in [7, 11) is 1.74. The Hall–Kier alpha value is -4.83. The van der Waals surface area contributed by atoms with Crippen LogP contribution in [0.5, 0.6) is 5.75 Å². The number of para-hydroxylation sites is 1. The summed E-state index contributed by atoms with van der Waals surface area (Å²) in [6.07, 6.45) is 1.48. The number of hydrogen-bond donors (Lipinski definition) is 1. The molecule has 1 heterocycles. The summed E-state index contributed by atoms with van der Waals surface area (Å²) in [5, 5.41) is 12.2. The second kappa shape index (κ2) is 10.4. The van der Waals surface area contributed by atoms with Gasteiger partial charge in [-0.3, -0.25) is 14.3 Å². The Labute approximate surface area is 203 Å². The van der Waals surface area contributed by atoms with Crippen molar-refractivity contribution in [2.45, 2.75) is 13.5 Å². The molecule has 1 aromatic heterocycles. The highest BCUT2D eigenvalue weighted by atomic mass is 16.5. The highest BCUT2D eigenvalue weighted by Gasteiger charge is 2.19. The molecule has 7 heteroatoms. The summed E-state index contributed by atoms with van der Waals surface area (Å²) < 4.78 is 8.91. The van der Waals surface area contributed by atoms with E-state index >= 15 is 0 Å². The number of nitriles is 1. The highest BCUT2D eigenvalue weighted by Crippen LogP contribution is 2.18. The lowest BCUT2D eigenvalue weighted by atomic mass is 10.1. The van der Waals surface area contributed by atoms with Crippen LogP contribution in [0, 0.1) is 18.3 Å². The number of aromatic nitrogens is 2. The van der Waals surface area contributed by atoms with Gasteiger partial charge >= 0.3 is 0 Å². The number of nitrogens with zero attached hydrogens (tertiary/aromatic N) is 3. The van der Waals surface area contributed by atoms with Gasteiger partial charge in [0, 0.05) is 7.05 Å². The largest absolute Gasteiger partial charge is 0.489 e. The summed E-state index contributed by atoms with van der Waals surface area (Å²) >= 11 is 0. The van der Waals surface area contributed by atoms with Crippen molar-refractivity contribution in [2.75, 3.05) is 5.32 Å². The van der Waals surface area contributed by atoms with Gasteiger partial charge in [-0.25, -0.2) is 4.68 Å². The zero-order valence-corrected chi connectivity index (χ0v) is 19.4.